The molecule has 1 rings (SSSR count). The Hall–Kier alpha value is -0.0800. The average molecular weight is 199 g/mol. The predicted molar refractivity (Wildman–Crippen MR) is 62.4 cm³/mol. The first-order chi connectivity index (χ1) is 6.38. The monoisotopic (exact) mass is 199 g/mol. The fraction of sp³-hybridized carbons (Fsp3) is 1.00. The maximum Gasteiger partial charge on any atom is 0.105 e. The minimum absolute atomic E-state index is 0.705. The highest BCUT2D eigenvalue weighted by Crippen LogP contribution is 2.28. The lowest BCUT2D eigenvalue weighted by atomic mass is 10.0. The largest absolute Gasteiger partial charge is 0.327 e. The molecule has 0 radical (unpaired) electrons. The molecular formula is C12H27N2+. The van der Waals surface area contributed by atoms with E-state index in [-0.39, 0.29) is 0 Å². The van der Waals surface area contributed by atoms with E-state index in [0.717, 1.165) is 16.6 Å². The Morgan fingerprint density at radius 1 is 1.29 bits per heavy atom. The van der Waals surface area contributed by atoms with Crippen LogP contribution in [0.4, 0.5) is 0 Å². The lowest BCUT2D eigenvalue weighted by molar-refractivity contribution is -0.896. The summed E-state index contributed by atoms with van der Waals surface area (Å²) in [5.74, 6) is 0. The topological polar surface area (TPSA) is 3.24 Å². The van der Waals surface area contributed by atoms with Gasteiger partial charge in [-0.3, -0.25) is 4.90 Å². The molecular weight excluding hydrogens is 172 g/mol. The van der Waals surface area contributed by atoms with Crippen LogP contribution in [-0.2, 0) is 0 Å². The minimum atomic E-state index is 0.705. The Morgan fingerprint density at radius 3 is 2.21 bits per heavy atom. The van der Waals surface area contributed by atoms with Crippen molar-refractivity contribution in [3.05, 3.63) is 0 Å². The van der Waals surface area contributed by atoms with Crippen molar-refractivity contribution in [3.8, 4) is 0 Å². The summed E-state index contributed by atoms with van der Waals surface area (Å²) in [6.07, 6.45) is 2.65. The smallest absolute Gasteiger partial charge is 0.105 e. The summed E-state index contributed by atoms with van der Waals surface area (Å²) in [4.78, 5) is 2.67. The molecule has 0 aromatic rings. The first-order valence-corrected chi connectivity index (χ1v) is 5.94. The van der Waals surface area contributed by atoms with E-state index in [9.17, 15) is 0 Å². The second-order valence-electron chi connectivity index (χ2n) is 5.78. The molecule has 2 unspecified atom stereocenters. The highest BCUT2D eigenvalue weighted by atomic mass is 15.4. The highest BCUT2D eigenvalue weighted by molar-refractivity contribution is 4.88. The number of rotatable bonds is 3. The van der Waals surface area contributed by atoms with Gasteiger partial charge in [0.1, 0.15) is 6.04 Å². The van der Waals surface area contributed by atoms with Crippen LogP contribution < -0.4 is 0 Å². The number of quaternary nitrogens is 1. The molecule has 2 heteroatoms. The summed E-state index contributed by atoms with van der Waals surface area (Å²) >= 11 is 0. The molecule has 0 aliphatic carbocycles. The van der Waals surface area contributed by atoms with E-state index < -0.39 is 0 Å². The lowest BCUT2D eigenvalue weighted by Gasteiger charge is -2.38. The van der Waals surface area contributed by atoms with E-state index in [1.807, 2.05) is 0 Å². The minimum Gasteiger partial charge on any atom is -0.327 e. The Kier molecular flexibility index (Phi) is 3.59. The van der Waals surface area contributed by atoms with Gasteiger partial charge in [-0.15, -0.1) is 0 Å². The van der Waals surface area contributed by atoms with Gasteiger partial charge in [0, 0.05) is 19.0 Å². The molecule has 84 valence electrons. The van der Waals surface area contributed by atoms with Crippen molar-refractivity contribution in [2.24, 2.45) is 0 Å². The average Bonchev–Trinajstić information content (AvgIpc) is 2.45. The molecule has 1 fully saturated rings. The van der Waals surface area contributed by atoms with E-state index in [0.29, 0.717) is 6.04 Å². The predicted octanol–water partition coefficient (Wildman–Crippen LogP) is 1.95. The van der Waals surface area contributed by atoms with E-state index in [2.05, 4.69) is 46.8 Å². The number of nitrogens with zero attached hydrogens (tertiary/aromatic N) is 2. The van der Waals surface area contributed by atoms with Crippen molar-refractivity contribution in [1.82, 2.24) is 4.90 Å². The van der Waals surface area contributed by atoms with Crippen molar-refractivity contribution in [2.75, 3.05) is 27.7 Å². The Labute approximate surface area is 89.5 Å². The second-order valence-corrected chi connectivity index (χ2v) is 5.78. The Balaban J connectivity index is 2.74. The molecule has 14 heavy (non-hydrogen) atoms. The van der Waals surface area contributed by atoms with Gasteiger partial charge in [0.2, 0.25) is 0 Å². The molecule has 1 heterocycles. The molecule has 1 aliphatic heterocycles. The van der Waals surface area contributed by atoms with Crippen LogP contribution in [0.3, 0.4) is 0 Å². The van der Waals surface area contributed by atoms with Crippen LogP contribution in [0.25, 0.3) is 0 Å². The van der Waals surface area contributed by atoms with Crippen LogP contribution in [0.1, 0.15) is 33.6 Å². The molecule has 0 saturated carbocycles. The van der Waals surface area contributed by atoms with Gasteiger partial charge in [-0.1, -0.05) is 6.92 Å². The highest BCUT2D eigenvalue weighted by Gasteiger charge is 2.41. The second kappa shape index (κ2) is 4.19. The standard InChI is InChI=1S/C12H27N2/c1-7-11-12(14(4,5)6)8-9-13(11)10(2)3/h10-12H,7-9H2,1-6H3/q+1. The zero-order valence-electron chi connectivity index (χ0n) is 10.7. The van der Waals surface area contributed by atoms with E-state index in [1.165, 1.54) is 19.4 Å². The summed E-state index contributed by atoms with van der Waals surface area (Å²) < 4.78 is 1.11. The molecule has 0 aromatic heterocycles. The summed E-state index contributed by atoms with van der Waals surface area (Å²) in [6.45, 7) is 8.26. The van der Waals surface area contributed by atoms with Crippen LogP contribution >= 0.6 is 0 Å². The van der Waals surface area contributed by atoms with E-state index in [4.69, 9.17) is 0 Å². The first-order valence-electron chi connectivity index (χ1n) is 5.94. The zero-order chi connectivity index (χ0) is 10.9. The van der Waals surface area contributed by atoms with Crippen molar-refractivity contribution < 1.29 is 4.48 Å². The van der Waals surface area contributed by atoms with Crippen molar-refractivity contribution in [1.29, 1.82) is 0 Å². The summed E-state index contributed by atoms with van der Waals surface area (Å²) in [7, 11) is 6.99. The maximum absolute atomic E-state index is 2.67. The van der Waals surface area contributed by atoms with Crippen molar-refractivity contribution >= 4 is 0 Å². The zero-order valence-corrected chi connectivity index (χ0v) is 10.7. The van der Waals surface area contributed by atoms with Gasteiger partial charge < -0.3 is 4.48 Å². The molecule has 0 bridgehead atoms. The summed E-state index contributed by atoms with van der Waals surface area (Å²) in [5, 5.41) is 0. The van der Waals surface area contributed by atoms with Gasteiger partial charge >= 0.3 is 0 Å². The fourth-order valence-electron chi connectivity index (χ4n) is 2.91. The fourth-order valence-corrected chi connectivity index (χ4v) is 2.91. The summed E-state index contributed by atoms with van der Waals surface area (Å²) in [6, 6.07) is 2.31. The first kappa shape index (κ1) is 12.0. The molecule has 2 atom stereocenters. The van der Waals surface area contributed by atoms with E-state index in [1.54, 1.807) is 0 Å². The van der Waals surface area contributed by atoms with Gasteiger partial charge in [0.25, 0.3) is 0 Å². The molecule has 1 aliphatic rings. The third-order valence-corrected chi connectivity index (χ3v) is 3.63. The molecule has 2 nitrogen and oxygen atoms in total. The molecule has 0 N–H and O–H groups in total. The SMILES string of the molecule is CCC1C([N+](C)(C)C)CCN1C(C)C. The number of hydrogen-bond donors (Lipinski definition) is 0. The molecule has 0 amide bonds. The van der Waals surface area contributed by atoms with Crippen LogP contribution in [0.2, 0.25) is 0 Å². The number of likely N-dealkylation sites (tertiary alicyclic amines) is 1. The third-order valence-electron chi connectivity index (χ3n) is 3.63. The van der Waals surface area contributed by atoms with Gasteiger partial charge in [0.15, 0.2) is 0 Å². The van der Waals surface area contributed by atoms with Gasteiger partial charge in [-0.2, -0.15) is 0 Å². The normalized spacial score (nSPS) is 30.2. The van der Waals surface area contributed by atoms with Crippen molar-refractivity contribution in [2.45, 2.75) is 51.7 Å². The van der Waals surface area contributed by atoms with Crippen LogP contribution in [-0.4, -0.2) is 55.2 Å². The summed E-state index contributed by atoms with van der Waals surface area (Å²) in [5.41, 5.74) is 0. The van der Waals surface area contributed by atoms with Gasteiger partial charge in [-0.05, 0) is 20.3 Å². The maximum atomic E-state index is 2.67. The Bertz CT molecular complexity index is 181. The van der Waals surface area contributed by atoms with Crippen LogP contribution in [0.15, 0.2) is 0 Å². The van der Waals surface area contributed by atoms with Crippen molar-refractivity contribution in [3.63, 3.8) is 0 Å². The van der Waals surface area contributed by atoms with Crippen LogP contribution in [0, 0.1) is 0 Å². The number of likely N-dealkylation sites (N-methyl/N-ethyl adjacent to an activating group) is 1. The molecule has 0 spiro atoms. The van der Waals surface area contributed by atoms with Crippen LogP contribution in [0.5, 0.6) is 0 Å². The van der Waals surface area contributed by atoms with Gasteiger partial charge in [0.05, 0.1) is 27.2 Å². The Morgan fingerprint density at radius 2 is 1.86 bits per heavy atom. The quantitative estimate of drug-likeness (QED) is 0.628. The molecule has 1 saturated heterocycles. The van der Waals surface area contributed by atoms with Gasteiger partial charge in [-0.25, -0.2) is 0 Å². The van der Waals surface area contributed by atoms with E-state index >= 15 is 0 Å². The lowest BCUT2D eigenvalue weighted by Crippen LogP contribution is -2.52. The molecule has 0 aromatic carbocycles. The third kappa shape index (κ3) is 2.29. The number of hydrogen-bond acceptors (Lipinski definition) is 1.